The molecule has 145 valence electrons. The van der Waals surface area contributed by atoms with Gasteiger partial charge in [0.05, 0.1) is 27.9 Å². The van der Waals surface area contributed by atoms with E-state index >= 15 is 0 Å². The molecule has 0 fully saturated rings. The van der Waals surface area contributed by atoms with E-state index in [9.17, 15) is 23.2 Å². The number of fused-ring (bicyclic) bond motifs is 1. The van der Waals surface area contributed by atoms with Crippen LogP contribution in [0, 0.1) is 0 Å². The first kappa shape index (κ1) is 20.1. The third-order valence-corrected chi connectivity index (χ3v) is 7.53. The van der Waals surface area contributed by atoms with Gasteiger partial charge in [-0.2, -0.15) is 0 Å². The smallest absolute Gasteiger partial charge is 0.265 e. The fraction of sp³-hybridized carbons (Fsp3) is 0.444. The maximum Gasteiger partial charge on any atom is 0.265 e. The van der Waals surface area contributed by atoms with Crippen LogP contribution in [-0.2, 0) is 14.1 Å². The van der Waals surface area contributed by atoms with E-state index in [0.29, 0.717) is 16.4 Å². The average molecular weight is 410 g/mol. The molecule has 0 aliphatic carbocycles. The molecule has 2 heterocycles. The second kappa shape index (κ2) is 6.16. The fourth-order valence-corrected chi connectivity index (χ4v) is 5.61. The van der Waals surface area contributed by atoms with Gasteiger partial charge in [0.15, 0.2) is 8.87 Å². The molecular formula is C18H21N2O5S2. The van der Waals surface area contributed by atoms with Crippen molar-refractivity contribution in [1.82, 2.24) is 9.96 Å². The quantitative estimate of drug-likeness (QED) is 0.560. The lowest BCUT2D eigenvalue weighted by molar-refractivity contribution is -0.241. The van der Waals surface area contributed by atoms with Crippen LogP contribution in [0.4, 0.5) is 0 Å². The molecule has 1 radical (unpaired) electrons. The first-order chi connectivity index (χ1) is 12.3. The summed E-state index contributed by atoms with van der Waals surface area (Å²) in [5.41, 5.74) is -0.945. The van der Waals surface area contributed by atoms with E-state index in [1.54, 1.807) is 52.0 Å². The minimum Gasteiger partial charge on any atom is -0.268 e. The molecule has 0 saturated heterocycles. The van der Waals surface area contributed by atoms with Crippen molar-refractivity contribution in [3.05, 3.63) is 46.7 Å². The van der Waals surface area contributed by atoms with Crippen LogP contribution in [0.3, 0.4) is 0 Å². The van der Waals surface area contributed by atoms with Crippen LogP contribution in [0.15, 0.2) is 35.5 Å². The number of amides is 2. The summed E-state index contributed by atoms with van der Waals surface area (Å²) in [5, 5.41) is 13.8. The molecule has 27 heavy (non-hydrogen) atoms. The maximum atomic E-state index is 13.0. The minimum atomic E-state index is -3.37. The predicted octanol–water partition coefficient (Wildman–Crippen LogP) is 2.45. The van der Waals surface area contributed by atoms with Gasteiger partial charge >= 0.3 is 0 Å². The molecule has 0 atom stereocenters. The monoisotopic (exact) mass is 409 g/mol. The highest BCUT2D eigenvalue weighted by atomic mass is 33.1. The van der Waals surface area contributed by atoms with Crippen LogP contribution in [-0.4, -0.2) is 53.3 Å². The van der Waals surface area contributed by atoms with Gasteiger partial charge in [0.1, 0.15) is 0 Å². The molecule has 3 rings (SSSR count). The second-order valence-electron chi connectivity index (χ2n) is 7.70. The number of hydroxylamine groups is 2. The maximum absolute atomic E-state index is 13.0. The fourth-order valence-electron chi connectivity index (χ4n) is 3.79. The molecule has 1 aromatic rings. The van der Waals surface area contributed by atoms with Crippen molar-refractivity contribution in [3.63, 3.8) is 0 Å². The summed E-state index contributed by atoms with van der Waals surface area (Å²) in [7, 11) is -2.69. The van der Waals surface area contributed by atoms with Gasteiger partial charge in [-0.15, -0.1) is 10.3 Å². The Labute approximate surface area is 162 Å². The van der Waals surface area contributed by atoms with Gasteiger partial charge < -0.3 is 0 Å². The molecule has 0 N–H and O–H groups in total. The largest absolute Gasteiger partial charge is 0.268 e. The van der Waals surface area contributed by atoms with Crippen molar-refractivity contribution in [1.29, 1.82) is 0 Å². The summed E-state index contributed by atoms with van der Waals surface area (Å²) in [4.78, 5) is 27.0. The zero-order valence-corrected chi connectivity index (χ0v) is 17.4. The predicted molar refractivity (Wildman–Crippen MR) is 102 cm³/mol. The standard InChI is InChI=1S/C18H21N2O5S2/c1-17(2)13(10-26-27(5,24)25)14(18(3,4)20(17)23)19-15(21)11-8-6-7-9-12(11)16(19)22/h6-9H,10H2,1-5H3. The third-order valence-electron chi connectivity index (χ3n) is 5.05. The topological polar surface area (TPSA) is 94.7 Å². The highest BCUT2D eigenvalue weighted by Crippen LogP contribution is 2.48. The molecule has 2 aliphatic heterocycles. The Morgan fingerprint density at radius 2 is 1.44 bits per heavy atom. The highest BCUT2D eigenvalue weighted by molar-refractivity contribution is 8.71. The lowest BCUT2D eigenvalue weighted by atomic mass is 9.95. The number of carbonyl (C=O) groups is 2. The number of hydrogen-bond donors (Lipinski definition) is 0. The molecule has 0 spiro atoms. The lowest BCUT2D eigenvalue weighted by Crippen LogP contribution is -2.50. The van der Waals surface area contributed by atoms with Crippen LogP contribution in [0.2, 0.25) is 0 Å². The highest BCUT2D eigenvalue weighted by Gasteiger charge is 2.56. The van der Waals surface area contributed by atoms with Gasteiger partial charge in [-0.1, -0.05) is 12.1 Å². The molecule has 0 unspecified atom stereocenters. The van der Waals surface area contributed by atoms with Gasteiger partial charge in [0, 0.05) is 12.0 Å². The summed E-state index contributed by atoms with van der Waals surface area (Å²) >= 11 is 0. The normalized spacial score (nSPS) is 21.9. The number of carbonyl (C=O) groups excluding carboxylic acids is 2. The van der Waals surface area contributed by atoms with E-state index in [1.807, 2.05) is 0 Å². The van der Waals surface area contributed by atoms with E-state index in [4.69, 9.17) is 0 Å². The van der Waals surface area contributed by atoms with E-state index in [1.165, 1.54) is 0 Å². The molecule has 2 amide bonds. The zero-order chi connectivity index (χ0) is 20.4. The van der Waals surface area contributed by atoms with Crippen LogP contribution < -0.4 is 0 Å². The third kappa shape index (κ3) is 3.02. The lowest BCUT2D eigenvalue weighted by Gasteiger charge is -2.35. The number of hydrogen-bond acceptors (Lipinski definition) is 6. The van der Waals surface area contributed by atoms with Crippen molar-refractivity contribution in [2.24, 2.45) is 0 Å². The molecule has 9 heteroatoms. The molecule has 0 bridgehead atoms. The van der Waals surface area contributed by atoms with Gasteiger partial charge in [0.2, 0.25) is 0 Å². The van der Waals surface area contributed by atoms with Crippen molar-refractivity contribution >= 4 is 31.5 Å². The Morgan fingerprint density at radius 3 is 1.89 bits per heavy atom. The van der Waals surface area contributed by atoms with Gasteiger partial charge in [0.25, 0.3) is 11.8 Å². The second-order valence-corrected chi connectivity index (χ2v) is 12.2. The van der Waals surface area contributed by atoms with Gasteiger partial charge in [-0.05, 0) is 56.2 Å². The van der Waals surface area contributed by atoms with E-state index < -0.39 is 31.8 Å². The van der Waals surface area contributed by atoms with E-state index in [0.717, 1.165) is 16.2 Å². The first-order valence-electron chi connectivity index (χ1n) is 8.34. The zero-order valence-electron chi connectivity index (χ0n) is 15.8. The molecule has 1 aromatic carbocycles. The molecule has 2 aliphatic rings. The summed E-state index contributed by atoms with van der Waals surface area (Å²) in [6, 6.07) is 6.49. The molecule has 0 aromatic heterocycles. The minimum absolute atomic E-state index is 0.00323. The summed E-state index contributed by atoms with van der Waals surface area (Å²) < 4.78 is 23.4. The number of imide groups is 1. The van der Waals surface area contributed by atoms with Crippen molar-refractivity contribution < 1.29 is 23.2 Å². The van der Waals surface area contributed by atoms with Crippen molar-refractivity contribution in [3.8, 4) is 0 Å². The van der Waals surface area contributed by atoms with Crippen LogP contribution in [0.5, 0.6) is 0 Å². The Morgan fingerprint density at radius 1 is 0.963 bits per heavy atom. The molecular weight excluding hydrogens is 388 g/mol. The molecule has 0 saturated carbocycles. The number of rotatable bonds is 4. The molecule has 7 nitrogen and oxygen atoms in total. The van der Waals surface area contributed by atoms with Crippen LogP contribution in [0.1, 0.15) is 48.4 Å². The number of nitrogens with zero attached hydrogens (tertiary/aromatic N) is 2. The van der Waals surface area contributed by atoms with E-state index in [2.05, 4.69) is 0 Å². The summed E-state index contributed by atoms with van der Waals surface area (Å²) in [5.74, 6) is -0.991. The number of benzene rings is 1. The Balaban J connectivity index is 2.19. The SMILES string of the molecule is CC1(C)C(CSS(C)(=O)=O)=C(N2C(=O)c3ccccc3C2=O)C(C)(C)N1[O]. The Kier molecular flexibility index (Phi) is 4.58. The summed E-state index contributed by atoms with van der Waals surface area (Å²) in [6.07, 6.45) is 1.09. The Hall–Kier alpha value is -1.68. The summed E-state index contributed by atoms with van der Waals surface area (Å²) in [6.45, 7) is 6.62. The van der Waals surface area contributed by atoms with E-state index in [-0.39, 0.29) is 22.6 Å². The van der Waals surface area contributed by atoms with Crippen LogP contribution in [0.25, 0.3) is 0 Å². The van der Waals surface area contributed by atoms with Crippen molar-refractivity contribution in [2.75, 3.05) is 12.0 Å². The average Bonchev–Trinajstić information content (AvgIpc) is 2.87. The van der Waals surface area contributed by atoms with Gasteiger partial charge in [-0.3, -0.25) is 9.59 Å². The Bertz CT molecular complexity index is 944. The van der Waals surface area contributed by atoms with Gasteiger partial charge in [-0.25, -0.2) is 13.3 Å². The first-order valence-corrected chi connectivity index (χ1v) is 11.7. The van der Waals surface area contributed by atoms with Crippen LogP contribution >= 0.6 is 10.8 Å². The van der Waals surface area contributed by atoms with Crippen molar-refractivity contribution in [2.45, 2.75) is 38.8 Å².